The number of nitrogens with one attached hydrogen (secondary N) is 1. The Kier molecular flexibility index (Phi) is 4.98. The summed E-state index contributed by atoms with van der Waals surface area (Å²) in [5, 5.41) is 12.0. The van der Waals surface area contributed by atoms with E-state index < -0.39 is 0 Å². The molecule has 96 valence electrons. The summed E-state index contributed by atoms with van der Waals surface area (Å²) in [6, 6.07) is 3.36. The Hall–Kier alpha value is -0.580. The summed E-state index contributed by atoms with van der Waals surface area (Å²) < 4.78 is 0.601. The van der Waals surface area contributed by atoms with E-state index in [1.807, 2.05) is 20.8 Å². The van der Waals surface area contributed by atoms with Crippen LogP contribution in [-0.4, -0.2) is 23.7 Å². The van der Waals surface area contributed by atoms with Gasteiger partial charge in [0.05, 0.1) is 9.21 Å². The predicted molar refractivity (Wildman–Crippen MR) is 71.7 cm³/mol. The molecule has 1 heterocycles. The molecular weight excluding hydrogens is 258 g/mol. The number of hydrogen-bond donors (Lipinski definition) is 2. The maximum Gasteiger partial charge on any atom is 0.261 e. The quantitative estimate of drug-likeness (QED) is 0.888. The molecule has 5 heteroatoms. The third-order valence-electron chi connectivity index (χ3n) is 2.57. The zero-order chi connectivity index (χ0) is 13.1. The lowest BCUT2D eigenvalue weighted by Gasteiger charge is -2.30. The summed E-state index contributed by atoms with van der Waals surface area (Å²) in [4.78, 5) is 12.5. The fourth-order valence-electron chi connectivity index (χ4n) is 1.52. The Balaban J connectivity index is 2.71. The van der Waals surface area contributed by atoms with Crippen molar-refractivity contribution in [3.63, 3.8) is 0 Å². The molecule has 17 heavy (non-hydrogen) atoms. The first-order chi connectivity index (χ1) is 7.84. The Morgan fingerprint density at radius 1 is 1.53 bits per heavy atom. The van der Waals surface area contributed by atoms with Crippen molar-refractivity contribution in [3.8, 4) is 0 Å². The van der Waals surface area contributed by atoms with Crippen LogP contribution >= 0.6 is 22.9 Å². The average molecular weight is 276 g/mol. The molecule has 0 aliphatic carbocycles. The molecule has 0 bridgehead atoms. The van der Waals surface area contributed by atoms with Gasteiger partial charge in [0, 0.05) is 12.6 Å². The maximum atomic E-state index is 11.9. The molecule has 0 aliphatic heterocycles. The molecule has 1 atom stereocenters. The molecule has 3 nitrogen and oxygen atoms in total. The van der Waals surface area contributed by atoms with Crippen LogP contribution in [0.3, 0.4) is 0 Å². The van der Waals surface area contributed by atoms with Gasteiger partial charge in [0.2, 0.25) is 0 Å². The molecule has 2 N–H and O–H groups in total. The van der Waals surface area contributed by atoms with Crippen molar-refractivity contribution in [3.05, 3.63) is 21.3 Å². The molecule has 1 rings (SSSR count). The molecule has 0 radical (unpaired) electrons. The minimum atomic E-state index is -0.129. The average Bonchev–Trinajstić information content (AvgIpc) is 2.62. The van der Waals surface area contributed by atoms with Crippen LogP contribution in [0.25, 0.3) is 0 Å². The fourth-order valence-corrected chi connectivity index (χ4v) is 2.46. The zero-order valence-electron chi connectivity index (χ0n) is 10.3. The van der Waals surface area contributed by atoms with Gasteiger partial charge in [-0.2, -0.15) is 0 Å². The maximum absolute atomic E-state index is 11.9. The number of carbonyl (C=O) groups is 1. The SMILES string of the molecule is CC(C)(C)[C@H](CCO)NC(=O)c1ccc(Cl)s1. The number of aliphatic hydroxyl groups is 1. The van der Waals surface area contributed by atoms with Gasteiger partial charge in [0.1, 0.15) is 0 Å². The Morgan fingerprint density at radius 2 is 2.18 bits per heavy atom. The molecule has 1 aromatic heterocycles. The topological polar surface area (TPSA) is 49.3 Å². The highest BCUT2D eigenvalue weighted by molar-refractivity contribution is 7.17. The van der Waals surface area contributed by atoms with Crippen molar-refractivity contribution < 1.29 is 9.90 Å². The number of amides is 1. The van der Waals surface area contributed by atoms with E-state index in [4.69, 9.17) is 16.7 Å². The first-order valence-corrected chi connectivity index (χ1v) is 6.71. The van der Waals surface area contributed by atoms with Crippen LogP contribution in [-0.2, 0) is 0 Å². The summed E-state index contributed by atoms with van der Waals surface area (Å²) in [7, 11) is 0. The standard InChI is InChI=1S/C12H18ClNO2S/c1-12(2,3)9(6-7-15)14-11(16)8-4-5-10(13)17-8/h4-5,9,15H,6-7H2,1-3H3,(H,14,16)/t9-/m0/s1. The van der Waals surface area contributed by atoms with Crippen LogP contribution in [0.5, 0.6) is 0 Å². The highest BCUT2D eigenvalue weighted by Gasteiger charge is 2.26. The number of halogens is 1. The largest absolute Gasteiger partial charge is 0.396 e. The number of thiophene rings is 1. The summed E-state index contributed by atoms with van der Waals surface area (Å²) in [5.74, 6) is -0.129. The van der Waals surface area contributed by atoms with E-state index in [0.717, 1.165) is 0 Å². The molecule has 1 amide bonds. The van der Waals surface area contributed by atoms with E-state index in [1.165, 1.54) is 11.3 Å². The molecular formula is C12H18ClNO2S. The monoisotopic (exact) mass is 275 g/mol. The second-order valence-corrected chi connectivity index (χ2v) is 6.72. The first-order valence-electron chi connectivity index (χ1n) is 5.51. The number of aliphatic hydroxyl groups excluding tert-OH is 1. The van der Waals surface area contributed by atoms with Gasteiger partial charge in [0.25, 0.3) is 5.91 Å². The van der Waals surface area contributed by atoms with Crippen molar-refractivity contribution in [2.45, 2.75) is 33.2 Å². The van der Waals surface area contributed by atoms with Crippen LogP contribution in [0.15, 0.2) is 12.1 Å². The molecule has 1 aromatic rings. The highest BCUT2D eigenvalue weighted by atomic mass is 35.5. The number of carbonyl (C=O) groups excluding carboxylic acids is 1. The second-order valence-electron chi connectivity index (χ2n) is 5.01. The number of rotatable bonds is 4. The van der Waals surface area contributed by atoms with E-state index in [2.05, 4.69) is 5.32 Å². The van der Waals surface area contributed by atoms with Gasteiger partial charge >= 0.3 is 0 Å². The van der Waals surface area contributed by atoms with Crippen molar-refractivity contribution in [2.24, 2.45) is 5.41 Å². The lowest BCUT2D eigenvalue weighted by Crippen LogP contribution is -2.44. The normalized spacial score (nSPS) is 13.5. The van der Waals surface area contributed by atoms with Crippen LogP contribution in [0.4, 0.5) is 0 Å². The van der Waals surface area contributed by atoms with Crippen molar-refractivity contribution >= 4 is 28.8 Å². The molecule has 0 spiro atoms. The van der Waals surface area contributed by atoms with Gasteiger partial charge < -0.3 is 10.4 Å². The lowest BCUT2D eigenvalue weighted by molar-refractivity contribution is 0.0889. The molecule has 0 fully saturated rings. The number of hydrogen-bond acceptors (Lipinski definition) is 3. The summed E-state index contributed by atoms with van der Waals surface area (Å²) in [6.45, 7) is 6.17. The highest BCUT2D eigenvalue weighted by Crippen LogP contribution is 2.24. The van der Waals surface area contributed by atoms with Crippen molar-refractivity contribution in [1.82, 2.24) is 5.32 Å². The Labute approximate surface area is 111 Å². The van der Waals surface area contributed by atoms with Crippen LogP contribution < -0.4 is 5.32 Å². The van der Waals surface area contributed by atoms with Crippen molar-refractivity contribution in [2.75, 3.05) is 6.61 Å². The summed E-state index contributed by atoms with van der Waals surface area (Å²) >= 11 is 7.05. The van der Waals surface area contributed by atoms with Gasteiger partial charge in [-0.25, -0.2) is 0 Å². The van der Waals surface area contributed by atoms with Gasteiger partial charge in [-0.1, -0.05) is 32.4 Å². The summed E-state index contributed by atoms with van der Waals surface area (Å²) in [5.41, 5.74) is -0.0839. The van der Waals surface area contributed by atoms with E-state index in [9.17, 15) is 4.79 Å². The molecule has 0 saturated heterocycles. The van der Waals surface area contributed by atoms with Crippen LogP contribution in [0, 0.1) is 5.41 Å². The zero-order valence-corrected chi connectivity index (χ0v) is 11.9. The Bertz CT molecular complexity index is 384. The van der Waals surface area contributed by atoms with E-state index in [0.29, 0.717) is 15.6 Å². The van der Waals surface area contributed by atoms with Gasteiger partial charge in [0.15, 0.2) is 0 Å². The molecule has 0 unspecified atom stereocenters. The minimum Gasteiger partial charge on any atom is -0.396 e. The van der Waals surface area contributed by atoms with Crippen LogP contribution in [0.1, 0.15) is 36.9 Å². The molecule has 0 saturated carbocycles. The third kappa shape index (κ3) is 4.30. The lowest BCUT2D eigenvalue weighted by atomic mass is 9.85. The van der Waals surface area contributed by atoms with Gasteiger partial charge in [-0.3, -0.25) is 4.79 Å². The fraction of sp³-hybridized carbons (Fsp3) is 0.583. The van der Waals surface area contributed by atoms with Crippen molar-refractivity contribution in [1.29, 1.82) is 0 Å². The van der Waals surface area contributed by atoms with Gasteiger partial charge in [-0.15, -0.1) is 11.3 Å². The Morgan fingerprint density at radius 3 is 2.59 bits per heavy atom. The molecule has 0 aliphatic rings. The first kappa shape index (κ1) is 14.5. The van der Waals surface area contributed by atoms with E-state index in [-0.39, 0.29) is 24.0 Å². The third-order valence-corrected chi connectivity index (χ3v) is 3.80. The predicted octanol–water partition coefficient (Wildman–Crippen LogP) is 2.93. The molecule has 0 aromatic carbocycles. The van der Waals surface area contributed by atoms with E-state index >= 15 is 0 Å². The minimum absolute atomic E-state index is 0.0547. The van der Waals surface area contributed by atoms with Gasteiger partial charge in [-0.05, 0) is 24.0 Å². The summed E-state index contributed by atoms with van der Waals surface area (Å²) in [6.07, 6.45) is 0.550. The second kappa shape index (κ2) is 5.85. The van der Waals surface area contributed by atoms with E-state index in [1.54, 1.807) is 12.1 Å². The smallest absolute Gasteiger partial charge is 0.261 e. The van der Waals surface area contributed by atoms with Crippen LogP contribution in [0.2, 0.25) is 4.34 Å².